The van der Waals surface area contributed by atoms with Crippen LogP contribution in [0.25, 0.3) is 0 Å². The summed E-state index contributed by atoms with van der Waals surface area (Å²) >= 11 is 0. The van der Waals surface area contributed by atoms with Crippen molar-refractivity contribution in [2.45, 2.75) is 64.2 Å². The van der Waals surface area contributed by atoms with Crippen LogP contribution >= 0.6 is 0 Å². The van der Waals surface area contributed by atoms with Crippen molar-refractivity contribution < 1.29 is 19.8 Å². The van der Waals surface area contributed by atoms with Gasteiger partial charge in [-0.25, -0.2) is 0 Å². The van der Waals surface area contributed by atoms with E-state index >= 15 is 0 Å². The number of carbonyl (C=O) groups is 2. The normalized spacial score (nSPS) is 32.1. The fourth-order valence-corrected chi connectivity index (χ4v) is 5.06. The molecule has 0 bridgehead atoms. The smallest absolute Gasteiger partial charge is 0.314 e. The van der Waals surface area contributed by atoms with E-state index in [1.54, 1.807) is 6.92 Å². The molecule has 1 aromatic rings. The third-order valence-corrected chi connectivity index (χ3v) is 6.48. The van der Waals surface area contributed by atoms with E-state index in [0.29, 0.717) is 31.6 Å². The molecule has 0 spiro atoms. The molecule has 0 aromatic heterocycles. The molecular weight excluding hydrogens is 304 g/mol. The highest BCUT2D eigenvalue weighted by atomic mass is 16.4. The first-order chi connectivity index (χ1) is 11.2. The lowest BCUT2D eigenvalue weighted by Crippen LogP contribution is -2.57. The number of carboxylic acids is 2. The Balaban J connectivity index is 2.19. The highest BCUT2D eigenvalue weighted by Crippen LogP contribution is 2.57. The quantitative estimate of drug-likeness (QED) is 0.879. The molecule has 3 unspecified atom stereocenters. The third kappa shape index (κ3) is 2.19. The van der Waals surface area contributed by atoms with Crippen LogP contribution < -0.4 is 0 Å². The Kier molecular flexibility index (Phi) is 3.97. The Morgan fingerprint density at radius 3 is 2.46 bits per heavy atom. The van der Waals surface area contributed by atoms with E-state index in [0.717, 1.165) is 17.5 Å². The lowest BCUT2D eigenvalue weighted by atomic mass is 9.49. The second-order valence-electron chi connectivity index (χ2n) is 8.02. The van der Waals surface area contributed by atoms with Gasteiger partial charge in [0.15, 0.2) is 0 Å². The van der Waals surface area contributed by atoms with Gasteiger partial charge < -0.3 is 10.2 Å². The summed E-state index contributed by atoms with van der Waals surface area (Å²) in [6.45, 7) is 6.00. The number of carboxylic acid groups (broad SMARTS) is 2. The standard InChI is InChI=1S/C20H26O4/c1-12(2)13-5-7-15-14(11-13)6-8-16-19(3,17(21)22)9-4-10-20(15,16)18(23)24/h5,7,11-12,16H,4,6,8-10H2,1-3H3,(H,21,22)(H,23,24). The molecule has 3 atom stereocenters. The average molecular weight is 330 g/mol. The summed E-state index contributed by atoms with van der Waals surface area (Å²) in [5.41, 5.74) is 1.13. The number of hydrogen-bond acceptors (Lipinski definition) is 2. The van der Waals surface area contributed by atoms with Crippen LogP contribution in [-0.4, -0.2) is 22.2 Å². The van der Waals surface area contributed by atoms with Crippen molar-refractivity contribution in [3.05, 3.63) is 34.9 Å². The van der Waals surface area contributed by atoms with Gasteiger partial charge in [0.1, 0.15) is 0 Å². The molecule has 0 radical (unpaired) electrons. The first-order valence-electron chi connectivity index (χ1n) is 8.83. The minimum Gasteiger partial charge on any atom is -0.481 e. The van der Waals surface area contributed by atoms with Crippen LogP contribution in [0, 0.1) is 11.3 Å². The van der Waals surface area contributed by atoms with Crippen LogP contribution in [0.4, 0.5) is 0 Å². The Hall–Kier alpha value is -1.84. The van der Waals surface area contributed by atoms with E-state index < -0.39 is 22.8 Å². The minimum atomic E-state index is -1.06. The van der Waals surface area contributed by atoms with Gasteiger partial charge in [-0.2, -0.15) is 0 Å². The topological polar surface area (TPSA) is 74.6 Å². The largest absolute Gasteiger partial charge is 0.481 e. The summed E-state index contributed by atoms with van der Waals surface area (Å²) in [7, 11) is 0. The van der Waals surface area contributed by atoms with Gasteiger partial charge in [0.2, 0.25) is 0 Å². The Morgan fingerprint density at radius 1 is 1.17 bits per heavy atom. The van der Waals surface area contributed by atoms with Gasteiger partial charge in [0, 0.05) is 0 Å². The maximum absolute atomic E-state index is 12.4. The third-order valence-electron chi connectivity index (χ3n) is 6.48. The molecule has 2 N–H and O–H groups in total. The summed E-state index contributed by atoms with van der Waals surface area (Å²) in [5, 5.41) is 20.0. The number of rotatable bonds is 3. The van der Waals surface area contributed by atoms with Crippen molar-refractivity contribution in [3.8, 4) is 0 Å². The molecule has 2 aliphatic rings. The van der Waals surface area contributed by atoms with Crippen molar-refractivity contribution >= 4 is 11.9 Å². The minimum absolute atomic E-state index is 0.355. The lowest BCUT2D eigenvalue weighted by Gasteiger charge is -2.52. The maximum Gasteiger partial charge on any atom is 0.314 e. The van der Waals surface area contributed by atoms with Gasteiger partial charge in [-0.1, -0.05) is 38.5 Å². The van der Waals surface area contributed by atoms with Crippen LogP contribution in [0.5, 0.6) is 0 Å². The van der Waals surface area contributed by atoms with Crippen LogP contribution in [0.1, 0.15) is 69.1 Å². The second-order valence-corrected chi connectivity index (χ2v) is 8.02. The summed E-state index contributed by atoms with van der Waals surface area (Å²) in [6.07, 6.45) is 3.12. The van der Waals surface area contributed by atoms with Crippen LogP contribution in [0.2, 0.25) is 0 Å². The maximum atomic E-state index is 12.4. The molecule has 0 aliphatic heterocycles. The predicted molar refractivity (Wildman–Crippen MR) is 91.2 cm³/mol. The summed E-state index contributed by atoms with van der Waals surface area (Å²) < 4.78 is 0. The SMILES string of the molecule is CC(C)c1ccc2c(c1)CCC1C(C)(C(=O)O)CCCC21C(=O)O. The molecule has 0 heterocycles. The number of fused-ring (bicyclic) bond motifs is 3. The van der Waals surface area contributed by atoms with Crippen LogP contribution in [0.15, 0.2) is 18.2 Å². The van der Waals surface area contributed by atoms with Gasteiger partial charge in [-0.3, -0.25) is 9.59 Å². The van der Waals surface area contributed by atoms with Crippen LogP contribution in [0.3, 0.4) is 0 Å². The monoisotopic (exact) mass is 330 g/mol. The zero-order chi connectivity index (χ0) is 17.7. The highest BCUT2D eigenvalue weighted by molar-refractivity contribution is 5.86. The number of hydrogen-bond donors (Lipinski definition) is 2. The van der Waals surface area contributed by atoms with Crippen molar-refractivity contribution in [1.82, 2.24) is 0 Å². The molecule has 3 rings (SSSR count). The van der Waals surface area contributed by atoms with Crippen LogP contribution in [-0.2, 0) is 21.4 Å². The van der Waals surface area contributed by atoms with Crippen molar-refractivity contribution in [3.63, 3.8) is 0 Å². The van der Waals surface area contributed by atoms with Crippen molar-refractivity contribution in [2.75, 3.05) is 0 Å². The Bertz CT molecular complexity index is 693. The summed E-state index contributed by atoms with van der Waals surface area (Å²) in [5.74, 6) is -1.69. The Labute approximate surface area is 142 Å². The molecule has 1 aromatic carbocycles. The molecule has 0 amide bonds. The first kappa shape index (κ1) is 17.0. The van der Waals surface area contributed by atoms with E-state index in [-0.39, 0.29) is 5.92 Å². The molecule has 1 saturated carbocycles. The lowest BCUT2D eigenvalue weighted by molar-refractivity contribution is -0.165. The molecule has 4 heteroatoms. The number of aliphatic carboxylic acids is 2. The zero-order valence-electron chi connectivity index (χ0n) is 14.6. The van der Waals surface area contributed by atoms with Gasteiger partial charge >= 0.3 is 11.9 Å². The fourth-order valence-electron chi connectivity index (χ4n) is 5.06. The van der Waals surface area contributed by atoms with E-state index in [1.165, 1.54) is 5.56 Å². The van der Waals surface area contributed by atoms with E-state index in [1.807, 2.05) is 12.1 Å². The van der Waals surface area contributed by atoms with Gasteiger partial charge in [0.25, 0.3) is 0 Å². The van der Waals surface area contributed by atoms with Gasteiger partial charge in [0.05, 0.1) is 10.8 Å². The molecule has 24 heavy (non-hydrogen) atoms. The van der Waals surface area contributed by atoms with Crippen molar-refractivity contribution in [1.29, 1.82) is 0 Å². The molecular formula is C20H26O4. The summed E-state index contributed by atoms with van der Waals surface area (Å²) in [6, 6.07) is 6.11. The average Bonchev–Trinajstić information content (AvgIpc) is 2.53. The highest BCUT2D eigenvalue weighted by Gasteiger charge is 2.61. The second kappa shape index (κ2) is 5.61. The molecule has 130 valence electrons. The van der Waals surface area contributed by atoms with E-state index in [9.17, 15) is 19.8 Å². The molecule has 4 nitrogen and oxygen atoms in total. The number of aryl methyl sites for hydroxylation is 1. The van der Waals surface area contributed by atoms with E-state index in [4.69, 9.17) is 0 Å². The molecule has 0 saturated heterocycles. The molecule has 1 fully saturated rings. The summed E-state index contributed by atoms with van der Waals surface area (Å²) in [4.78, 5) is 24.4. The first-order valence-corrected chi connectivity index (χ1v) is 8.83. The number of benzene rings is 1. The van der Waals surface area contributed by atoms with Gasteiger partial charge in [-0.05, 0) is 61.1 Å². The predicted octanol–water partition coefficient (Wildman–Crippen LogP) is 3.97. The van der Waals surface area contributed by atoms with E-state index in [2.05, 4.69) is 19.9 Å². The van der Waals surface area contributed by atoms with Gasteiger partial charge in [-0.15, -0.1) is 0 Å². The molecule has 2 aliphatic carbocycles. The zero-order valence-corrected chi connectivity index (χ0v) is 14.6. The Morgan fingerprint density at radius 2 is 1.88 bits per heavy atom. The fraction of sp³-hybridized carbons (Fsp3) is 0.600. The van der Waals surface area contributed by atoms with Crippen molar-refractivity contribution in [2.24, 2.45) is 11.3 Å².